The number of nitrogens with one attached hydrogen (secondary N) is 1. The maximum Gasteiger partial charge on any atom is 0.407 e. The van der Waals surface area contributed by atoms with E-state index in [0.29, 0.717) is 54.3 Å². The van der Waals surface area contributed by atoms with Crippen molar-refractivity contribution >= 4 is 69.3 Å². The molecule has 324 valence electrons. The van der Waals surface area contributed by atoms with E-state index in [2.05, 4.69) is 70.4 Å². The molecule has 3 saturated heterocycles. The number of imidazole rings is 1. The van der Waals surface area contributed by atoms with Gasteiger partial charge in [-0.1, -0.05) is 55.0 Å². The zero-order chi connectivity index (χ0) is 43.5. The third-order valence-electron chi connectivity index (χ3n) is 10.9. The molecule has 2 aromatic carbocycles. The van der Waals surface area contributed by atoms with Crippen LogP contribution in [0.2, 0.25) is 5.02 Å². The third-order valence-corrected chi connectivity index (χ3v) is 11.3. The number of amides is 3. The molecule has 3 aliphatic rings. The highest BCUT2D eigenvalue weighted by atomic mass is 127. The van der Waals surface area contributed by atoms with Gasteiger partial charge in [0.25, 0.3) is 5.91 Å². The Kier molecular flexibility index (Phi) is 14.0. The molecule has 2 N–H and O–H groups in total. The van der Waals surface area contributed by atoms with E-state index < -0.39 is 30.1 Å². The Morgan fingerprint density at radius 1 is 0.983 bits per heavy atom. The normalized spacial score (nSPS) is 20.9. The summed E-state index contributed by atoms with van der Waals surface area (Å²) in [5.74, 6) is -3.49. The number of piperidine rings is 1. The predicted molar refractivity (Wildman–Crippen MR) is 227 cm³/mol. The number of piperazine rings is 1. The molecule has 2 aromatic heterocycles. The van der Waals surface area contributed by atoms with Crippen molar-refractivity contribution in [1.82, 2.24) is 29.1 Å². The van der Waals surface area contributed by atoms with Crippen LogP contribution in [0.3, 0.4) is 0 Å². The Balaban J connectivity index is 0.00000114. The first-order valence-electron chi connectivity index (χ1n) is 19.7. The van der Waals surface area contributed by atoms with Crippen LogP contribution in [0, 0.1) is 23.5 Å². The van der Waals surface area contributed by atoms with Gasteiger partial charge in [0.05, 0.1) is 49.2 Å². The lowest BCUT2D eigenvalue weighted by atomic mass is 9.92. The van der Waals surface area contributed by atoms with Crippen molar-refractivity contribution in [1.29, 1.82) is 0 Å². The number of hydrogen-bond donors (Lipinski definition) is 2. The summed E-state index contributed by atoms with van der Waals surface area (Å²) in [6.07, 6.45) is 5.74. The Morgan fingerprint density at radius 3 is 2.27 bits per heavy atom. The molecule has 60 heavy (non-hydrogen) atoms. The summed E-state index contributed by atoms with van der Waals surface area (Å²) in [5.41, 5.74) is 0.906. The molecule has 1 atom stereocenters. The van der Waals surface area contributed by atoms with Crippen molar-refractivity contribution in [2.45, 2.75) is 50.1 Å². The average molecular weight is 972 g/mol. The standard InChI is InChI=1S/C37H39ClF4N8O5.C4H9I/c1-50(21-22-6-10-48(20-22)37(53)54)16-7-23(8-17-50)34(51)46-12-14-47(15-13-46)35(52)25-3-2-24(18-27(25)38)45-32-33-44-19-28(49(33)11-9-43-32)26-4-5-29(55-36(41)42)31(40)30(26)39;1-4(2,3)5/h2-5,9,11,18-19,22-23,36H,6-8,10,12-17,20-21H2,1H3,(H-,43,45,52,53,54);1-3H3/p+1. The molecule has 0 radical (unpaired) electrons. The summed E-state index contributed by atoms with van der Waals surface area (Å²) in [4.78, 5) is 52.0. The second-order valence-corrected chi connectivity index (χ2v) is 20.3. The van der Waals surface area contributed by atoms with Crippen molar-refractivity contribution in [2.75, 3.05) is 71.3 Å². The van der Waals surface area contributed by atoms with Gasteiger partial charge in [0, 0.05) is 91.0 Å². The minimum Gasteiger partial charge on any atom is -0.465 e. The lowest BCUT2D eigenvalue weighted by Crippen LogP contribution is -2.56. The van der Waals surface area contributed by atoms with Gasteiger partial charge in [-0.05, 0) is 36.8 Å². The number of halogens is 6. The molecule has 19 heteroatoms. The van der Waals surface area contributed by atoms with E-state index in [9.17, 15) is 37.1 Å². The van der Waals surface area contributed by atoms with E-state index in [4.69, 9.17) is 11.6 Å². The van der Waals surface area contributed by atoms with Crippen molar-refractivity contribution in [3.63, 3.8) is 0 Å². The molecule has 3 aliphatic heterocycles. The Hall–Kier alpha value is -4.43. The number of rotatable bonds is 9. The fraction of sp³-hybridized carbons (Fsp3) is 0.488. The number of carboxylic acid groups (broad SMARTS) is 1. The van der Waals surface area contributed by atoms with Gasteiger partial charge in [0.15, 0.2) is 23.0 Å². The van der Waals surface area contributed by atoms with Crippen molar-refractivity contribution in [3.05, 3.63) is 71.1 Å². The number of anilines is 2. The number of carbonyl (C=O) groups is 3. The molecule has 0 spiro atoms. The summed E-state index contributed by atoms with van der Waals surface area (Å²) >= 11 is 8.99. The first-order chi connectivity index (χ1) is 28.3. The zero-order valence-electron chi connectivity index (χ0n) is 33.8. The van der Waals surface area contributed by atoms with Crippen LogP contribution in [0.4, 0.5) is 33.9 Å². The molecule has 3 amide bonds. The number of nitrogens with zero attached hydrogens (tertiary/aromatic N) is 7. The zero-order valence-corrected chi connectivity index (χ0v) is 36.7. The minimum atomic E-state index is -3.32. The van der Waals surface area contributed by atoms with Gasteiger partial charge < -0.3 is 34.3 Å². The molecule has 5 heterocycles. The number of hydrogen-bond acceptors (Lipinski definition) is 7. The molecule has 0 bridgehead atoms. The van der Waals surface area contributed by atoms with E-state index >= 15 is 0 Å². The van der Waals surface area contributed by atoms with Crippen LogP contribution in [0.15, 0.2) is 48.9 Å². The van der Waals surface area contributed by atoms with Crippen LogP contribution >= 0.6 is 34.2 Å². The number of likely N-dealkylation sites (tertiary alicyclic amines) is 2. The second-order valence-electron chi connectivity index (χ2n) is 16.6. The molecule has 3 fully saturated rings. The molecule has 0 aliphatic carbocycles. The van der Waals surface area contributed by atoms with Gasteiger partial charge in [-0.2, -0.15) is 13.2 Å². The van der Waals surface area contributed by atoms with E-state index in [1.165, 1.54) is 27.9 Å². The van der Waals surface area contributed by atoms with Crippen LogP contribution in [-0.2, 0) is 4.79 Å². The number of benzene rings is 2. The summed E-state index contributed by atoms with van der Waals surface area (Å²) in [6.45, 7) is 8.58. The predicted octanol–water partition coefficient (Wildman–Crippen LogP) is 8.03. The van der Waals surface area contributed by atoms with Gasteiger partial charge >= 0.3 is 12.7 Å². The van der Waals surface area contributed by atoms with Crippen LogP contribution in [0.25, 0.3) is 16.9 Å². The average Bonchev–Trinajstić information content (AvgIpc) is 3.84. The number of quaternary nitrogens is 1. The Labute approximate surface area is 364 Å². The van der Waals surface area contributed by atoms with E-state index in [1.807, 2.05) is 4.90 Å². The lowest BCUT2D eigenvalue weighted by Gasteiger charge is -2.43. The largest absolute Gasteiger partial charge is 0.465 e. The molecule has 13 nitrogen and oxygen atoms in total. The highest BCUT2D eigenvalue weighted by molar-refractivity contribution is 14.1. The monoisotopic (exact) mass is 971 g/mol. The minimum absolute atomic E-state index is 0.0678. The quantitative estimate of drug-likeness (QED) is 0.0747. The maximum atomic E-state index is 14.9. The summed E-state index contributed by atoms with van der Waals surface area (Å²) in [5, 5.41) is 12.6. The second kappa shape index (κ2) is 18.7. The number of carbonyl (C=O) groups excluding carboxylic acids is 2. The van der Waals surface area contributed by atoms with Crippen molar-refractivity contribution in [3.8, 4) is 17.0 Å². The molecule has 0 saturated carbocycles. The molecule has 7 rings (SSSR count). The summed E-state index contributed by atoms with van der Waals surface area (Å²) < 4.78 is 61.4. The van der Waals surface area contributed by atoms with Gasteiger partial charge in [-0.15, -0.1) is 0 Å². The Morgan fingerprint density at radius 2 is 1.65 bits per heavy atom. The highest BCUT2D eigenvalue weighted by Crippen LogP contribution is 2.33. The van der Waals surface area contributed by atoms with Crippen LogP contribution in [0.5, 0.6) is 5.75 Å². The van der Waals surface area contributed by atoms with E-state index in [-0.39, 0.29) is 51.0 Å². The highest BCUT2D eigenvalue weighted by Gasteiger charge is 2.39. The summed E-state index contributed by atoms with van der Waals surface area (Å²) in [7, 11) is 2.20. The third kappa shape index (κ3) is 10.9. The molecular formula is C41H49ClF4IN8O5+. The van der Waals surface area contributed by atoms with E-state index in [0.717, 1.165) is 55.5 Å². The van der Waals surface area contributed by atoms with Crippen LogP contribution < -0.4 is 10.1 Å². The molecule has 1 unspecified atom stereocenters. The number of aromatic nitrogens is 3. The van der Waals surface area contributed by atoms with Gasteiger partial charge in [0.2, 0.25) is 11.7 Å². The van der Waals surface area contributed by atoms with Crippen LogP contribution in [0.1, 0.15) is 50.4 Å². The van der Waals surface area contributed by atoms with Crippen molar-refractivity contribution < 1.29 is 46.3 Å². The molecule has 4 aromatic rings. The van der Waals surface area contributed by atoms with Crippen LogP contribution in [-0.4, -0.2) is 133 Å². The number of ether oxygens (including phenoxy) is 1. The Bertz CT molecular complexity index is 2200. The maximum absolute atomic E-state index is 14.9. The lowest BCUT2D eigenvalue weighted by molar-refractivity contribution is -0.917. The van der Waals surface area contributed by atoms with Gasteiger partial charge in [-0.3, -0.25) is 14.0 Å². The smallest absolute Gasteiger partial charge is 0.407 e. The van der Waals surface area contributed by atoms with Gasteiger partial charge in [0.1, 0.15) is 0 Å². The fourth-order valence-corrected chi connectivity index (χ4v) is 8.25. The molecular weight excluding hydrogens is 923 g/mol. The fourth-order valence-electron chi connectivity index (χ4n) is 7.98. The first kappa shape index (κ1) is 45.1. The number of alkyl halides is 3. The summed E-state index contributed by atoms with van der Waals surface area (Å²) in [6, 6.07) is 6.82. The van der Waals surface area contributed by atoms with E-state index in [1.54, 1.807) is 23.1 Å². The SMILES string of the molecule is CC(C)(C)I.C[N+]1(CC2CCN(C(=O)O)C2)CCC(C(=O)N2CCN(C(=O)c3ccc(Nc4nccn5c(-c6ccc(OC(F)F)c(F)c6F)cnc45)cc3Cl)CC2)CC1. The number of fused-ring (bicyclic) bond motifs is 1. The van der Waals surface area contributed by atoms with Gasteiger partial charge in [-0.25, -0.2) is 19.2 Å². The first-order valence-corrected chi connectivity index (χ1v) is 21.2. The van der Waals surface area contributed by atoms with Crippen molar-refractivity contribution in [2.24, 2.45) is 11.8 Å². The topological polar surface area (TPSA) is 133 Å².